The number of halogens is 1. The van der Waals surface area contributed by atoms with E-state index in [4.69, 9.17) is 0 Å². The largest absolute Gasteiger partial charge is 0.352 e. The first-order valence-corrected chi connectivity index (χ1v) is 9.13. The summed E-state index contributed by atoms with van der Waals surface area (Å²) < 4.78 is 35.2. The van der Waals surface area contributed by atoms with Gasteiger partial charge in [0.2, 0.25) is 5.91 Å². The van der Waals surface area contributed by atoms with Gasteiger partial charge in [-0.1, -0.05) is 0 Å². The summed E-state index contributed by atoms with van der Waals surface area (Å²) in [6.45, 7) is 0. The monoisotopic (exact) mass is 317 g/mol. The summed E-state index contributed by atoms with van der Waals surface area (Å²) in [7, 11) is -2.96. The van der Waals surface area contributed by atoms with Gasteiger partial charge in [-0.15, -0.1) is 11.8 Å². The number of hydrogen-bond donors (Lipinski definition) is 1. The average Bonchev–Trinajstić information content (AvgIpc) is 2.71. The topological polar surface area (TPSA) is 63.2 Å². The molecule has 110 valence electrons. The molecule has 0 saturated carbocycles. The minimum Gasteiger partial charge on any atom is -0.352 e. The van der Waals surface area contributed by atoms with Crippen LogP contribution in [0.1, 0.15) is 12.8 Å². The van der Waals surface area contributed by atoms with Crippen LogP contribution in [0.15, 0.2) is 29.2 Å². The molecular weight excluding hydrogens is 301 g/mol. The second-order valence-electron chi connectivity index (χ2n) is 4.72. The lowest BCUT2D eigenvalue weighted by atomic mass is 10.2. The van der Waals surface area contributed by atoms with E-state index < -0.39 is 9.84 Å². The van der Waals surface area contributed by atoms with Crippen molar-refractivity contribution in [3.63, 3.8) is 0 Å². The second-order valence-corrected chi connectivity index (χ2v) is 8.12. The van der Waals surface area contributed by atoms with Crippen molar-refractivity contribution in [1.29, 1.82) is 0 Å². The Morgan fingerprint density at radius 2 is 2.05 bits per heavy atom. The summed E-state index contributed by atoms with van der Waals surface area (Å²) in [6, 6.07) is 5.85. The van der Waals surface area contributed by atoms with Crippen molar-refractivity contribution >= 4 is 27.5 Å². The first kappa shape index (κ1) is 15.3. The molecule has 1 aromatic rings. The number of sulfone groups is 1. The highest BCUT2D eigenvalue weighted by atomic mass is 32.2. The van der Waals surface area contributed by atoms with Gasteiger partial charge in [0.25, 0.3) is 0 Å². The summed E-state index contributed by atoms with van der Waals surface area (Å²) in [5, 5.41) is 2.74. The number of rotatable bonds is 5. The summed E-state index contributed by atoms with van der Waals surface area (Å²) in [5.41, 5.74) is 0. The van der Waals surface area contributed by atoms with Crippen molar-refractivity contribution in [3.05, 3.63) is 30.1 Å². The van der Waals surface area contributed by atoms with E-state index >= 15 is 0 Å². The van der Waals surface area contributed by atoms with Gasteiger partial charge >= 0.3 is 0 Å². The molecule has 1 aromatic carbocycles. The van der Waals surface area contributed by atoms with Crippen LogP contribution in [-0.2, 0) is 14.6 Å². The molecule has 0 radical (unpaired) electrons. The molecule has 1 atom stereocenters. The molecule has 0 aromatic heterocycles. The summed E-state index contributed by atoms with van der Waals surface area (Å²) >= 11 is 1.47. The molecule has 1 saturated heterocycles. The van der Waals surface area contributed by atoms with Gasteiger partial charge in [0.1, 0.15) is 5.82 Å². The molecular formula is C13H16FNO3S2. The number of benzene rings is 1. The molecule has 1 fully saturated rings. The van der Waals surface area contributed by atoms with Crippen LogP contribution in [0.5, 0.6) is 0 Å². The van der Waals surface area contributed by atoms with Crippen LogP contribution in [0.4, 0.5) is 4.39 Å². The van der Waals surface area contributed by atoms with E-state index in [2.05, 4.69) is 5.32 Å². The minimum absolute atomic E-state index is 0.0455. The summed E-state index contributed by atoms with van der Waals surface area (Å²) in [4.78, 5) is 12.6. The van der Waals surface area contributed by atoms with Crippen molar-refractivity contribution in [1.82, 2.24) is 5.32 Å². The molecule has 1 heterocycles. The Balaban J connectivity index is 1.69. The Labute approximate surface area is 122 Å². The lowest BCUT2D eigenvalue weighted by Crippen LogP contribution is -2.35. The minimum atomic E-state index is -2.96. The fourth-order valence-corrected chi connectivity index (χ4v) is 4.53. The van der Waals surface area contributed by atoms with Gasteiger partial charge < -0.3 is 5.32 Å². The van der Waals surface area contributed by atoms with Gasteiger partial charge in [0.15, 0.2) is 9.84 Å². The predicted molar refractivity (Wildman–Crippen MR) is 76.9 cm³/mol. The van der Waals surface area contributed by atoms with Gasteiger partial charge in [-0.25, -0.2) is 12.8 Å². The number of amides is 1. The summed E-state index contributed by atoms with van der Waals surface area (Å²) in [6.07, 6.45) is 0.817. The van der Waals surface area contributed by atoms with Gasteiger partial charge in [-0.3, -0.25) is 4.79 Å². The molecule has 7 heteroatoms. The smallest absolute Gasteiger partial charge is 0.221 e. The number of hydrogen-bond acceptors (Lipinski definition) is 4. The van der Waals surface area contributed by atoms with Crippen molar-refractivity contribution < 1.29 is 17.6 Å². The Hall–Kier alpha value is -1.08. The molecule has 1 N–H and O–H groups in total. The van der Waals surface area contributed by atoms with E-state index in [1.807, 2.05) is 0 Å². The highest BCUT2D eigenvalue weighted by Gasteiger charge is 2.28. The van der Waals surface area contributed by atoms with E-state index in [-0.39, 0.29) is 29.3 Å². The Morgan fingerprint density at radius 3 is 2.65 bits per heavy atom. The summed E-state index contributed by atoms with van der Waals surface area (Å²) in [5.74, 6) is 0.361. The standard InChI is InChI=1S/C13H16FNO3S2/c14-10-1-3-12(4-2-10)19-7-5-13(16)15-11-6-8-20(17,18)9-11/h1-4,11H,5-9H2,(H,15,16)/t11-/m0/s1. The highest BCUT2D eigenvalue weighted by Crippen LogP contribution is 2.19. The molecule has 20 heavy (non-hydrogen) atoms. The molecule has 1 aliphatic heterocycles. The van der Waals surface area contributed by atoms with Crippen LogP contribution in [0.25, 0.3) is 0 Å². The number of nitrogens with one attached hydrogen (secondary N) is 1. The molecule has 0 unspecified atom stereocenters. The van der Waals surface area contributed by atoms with Gasteiger partial charge in [-0.2, -0.15) is 0 Å². The van der Waals surface area contributed by atoms with E-state index in [0.29, 0.717) is 18.6 Å². The van der Waals surface area contributed by atoms with Crippen LogP contribution < -0.4 is 5.32 Å². The predicted octanol–water partition coefficient (Wildman–Crippen LogP) is 1.61. The molecule has 0 aliphatic carbocycles. The third-order valence-corrected chi connectivity index (χ3v) is 5.79. The normalized spacial score (nSPS) is 20.8. The Kier molecular flexibility index (Phi) is 5.04. The Bertz CT molecular complexity index is 572. The van der Waals surface area contributed by atoms with E-state index in [9.17, 15) is 17.6 Å². The van der Waals surface area contributed by atoms with Crippen LogP contribution in [0.2, 0.25) is 0 Å². The SMILES string of the molecule is O=C(CCSc1ccc(F)cc1)N[C@H]1CCS(=O)(=O)C1. The van der Waals surface area contributed by atoms with E-state index in [1.165, 1.54) is 23.9 Å². The molecule has 2 rings (SSSR count). The van der Waals surface area contributed by atoms with Crippen molar-refractivity contribution in [3.8, 4) is 0 Å². The zero-order valence-electron chi connectivity index (χ0n) is 10.8. The van der Waals surface area contributed by atoms with Gasteiger partial charge in [0, 0.05) is 23.1 Å². The zero-order chi connectivity index (χ0) is 14.6. The third-order valence-electron chi connectivity index (χ3n) is 3.01. The first-order valence-electron chi connectivity index (χ1n) is 6.33. The quantitative estimate of drug-likeness (QED) is 0.838. The molecule has 1 amide bonds. The number of thioether (sulfide) groups is 1. The zero-order valence-corrected chi connectivity index (χ0v) is 12.5. The maximum Gasteiger partial charge on any atom is 0.221 e. The van der Waals surface area contributed by atoms with Crippen LogP contribution in [0, 0.1) is 5.82 Å². The lowest BCUT2D eigenvalue weighted by Gasteiger charge is -2.10. The highest BCUT2D eigenvalue weighted by molar-refractivity contribution is 7.99. The third kappa shape index (κ3) is 4.79. The number of carbonyl (C=O) groups excluding carboxylic acids is 1. The fraction of sp³-hybridized carbons (Fsp3) is 0.462. The Morgan fingerprint density at radius 1 is 1.35 bits per heavy atom. The van der Waals surface area contributed by atoms with Crippen LogP contribution in [-0.4, -0.2) is 37.6 Å². The van der Waals surface area contributed by atoms with E-state index in [1.54, 1.807) is 12.1 Å². The maximum atomic E-state index is 12.7. The molecule has 0 bridgehead atoms. The lowest BCUT2D eigenvalue weighted by molar-refractivity contribution is -0.121. The maximum absolute atomic E-state index is 12.7. The molecule has 0 spiro atoms. The molecule has 4 nitrogen and oxygen atoms in total. The van der Waals surface area contributed by atoms with Crippen LogP contribution in [0.3, 0.4) is 0 Å². The van der Waals surface area contributed by atoms with E-state index in [0.717, 1.165) is 4.90 Å². The molecule has 1 aliphatic rings. The van der Waals surface area contributed by atoms with Gasteiger partial charge in [0.05, 0.1) is 11.5 Å². The van der Waals surface area contributed by atoms with Gasteiger partial charge in [-0.05, 0) is 30.7 Å². The number of carbonyl (C=O) groups is 1. The first-order chi connectivity index (χ1) is 9.44. The fourth-order valence-electron chi connectivity index (χ4n) is 2.00. The van der Waals surface area contributed by atoms with Crippen molar-refractivity contribution in [2.75, 3.05) is 17.3 Å². The van der Waals surface area contributed by atoms with Crippen molar-refractivity contribution in [2.24, 2.45) is 0 Å². The van der Waals surface area contributed by atoms with Crippen LogP contribution >= 0.6 is 11.8 Å². The van der Waals surface area contributed by atoms with Crippen molar-refractivity contribution in [2.45, 2.75) is 23.8 Å². The second kappa shape index (κ2) is 6.58. The average molecular weight is 317 g/mol.